The SMILES string of the molecule is COc1cc(NNC(=O)[C@@H]2CC(=O)N(c3ccc(F)cc3)C2)ccc1OCc1ccc(Br)cc1. The average Bonchev–Trinajstić information content (AvgIpc) is 3.24. The number of anilines is 2. The predicted molar refractivity (Wildman–Crippen MR) is 130 cm³/mol. The van der Waals surface area contributed by atoms with E-state index in [1.165, 1.54) is 29.2 Å². The topological polar surface area (TPSA) is 79.9 Å². The second kappa shape index (κ2) is 10.6. The first kappa shape index (κ1) is 23.6. The van der Waals surface area contributed by atoms with E-state index in [1.807, 2.05) is 24.3 Å². The van der Waals surface area contributed by atoms with Gasteiger partial charge in [-0.3, -0.25) is 20.4 Å². The van der Waals surface area contributed by atoms with Crippen molar-refractivity contribution in [2.24, 2.45) is 5.92 Å². The zero-order valence-corrected chi connectivity index (χ0v) is 20.0. The standard InChI is InChI=1S/C25H23BrFN3O4/c1-33-23-13-20(8-11-22(23)34-15-16-2-4-18(26)5-3-16)28-29-25(32)17-12-24(31)30(14-17)21-9-6-19(27)7-10-21/h2-11,13,17,28H,12,14-15H2,1H3,(H,29,32)/t17-/m1/s1. The highest BCUT2D eigenvalue weighted by atomic mass is 79.9. The first-order chi connectivity index (χ1) is 16.4. The third-order valence-electron chi connectivity index (χ3n) is 5.44. The Bertz CT molecular complexity index is 1170. The number of carbonyl (C=O) groups excluding carboxylic acids is 2. The van der Waals surface area contributed by atoms with Crippen molar-refractivity contribution in [3.63, 3.8) is 0 Å². The fourth-order valence-electron chi connectivity index (χ4n) is 3.60. The summed E-state index contributed by atoms with van der Waals surface area (Å²) in [4.78, 5) is 26.5. The highest BCUT2D eigenvalue weighted by molar-refractivity contribution is 9.10. The second-order valence-corrected chi connectivity index (χ2v) is 8.69. The molecule has 3 aromatic carbocycles. The number of rotatable bonds is 8. The fraction of sp³-hybridized carbons (Fsp3) is 0.200. The molecule has 0 bridgehead atoms. The van der Waals surface area contributed by atoms with Crippen LogP contribution in [0, 0.1) is 11.7 Å². The summed E-state index contributed by atoms with van der Waals surface area (Å²) in [5, 5.41) is 0. The minimum atomic E-state index is -0.527. The lowest BCUT2D eigenvalue weighted by atomic mass is 10.1. The molecule has 0 spiro atoms. The van der Waals surface area contributed by atoms with Gasteiger partial charge in [-0.2, -0.15) is 0 Å². The Hall–Kier alpha value is -3.59. The lowest BCUT2D eigenvalue weighted by Crippen LogP contribution is -2.36. The van der Waals surface area contributed by atoms with Crippen LogP contribution < -0.4 is 25.2 Å². The van der Waals surface area contributed by atoms with E-state index in [2.05, 4.69) is 26.8 Å². The average molecular weight is 528 g/mol. The molecule has 0 saturated carbocycles. The maximum absolute atomic E-state index is 13.2. The summed E-state index contributed by atoms with van der Waals surface area (Å²) in [6, 6.07) is 18.7. The molecule has 0 aromatic heterocycles. The van der Waals surface area contributed by atoms with Crippen molar-refractivity contribution >= 4 is 39.1 Å². The zero-order valence-electron chi connectivity index (χ0n) is 18.4. The van der Waals surface area contributed by atoms with Gasteiger partial charge in [0.15, 0.2) is 11.5 Å². The predicted octanol–water partition coefficient (Wildman–Crippen LogP) is 4.67. The van der Waals surface area contributed by atoms with Crippen molar-refractivity contribution in [3.05, 3.63) is 82.6 Å². The van der Waals surface area contributed by atoms with Crippen molar-refractivity contribution in [2.45, 2.75) is 13.0 Å². The van der Waals surface area contributed by atoms with Gasteiger partial charge >= 0.3 is 0 Å². The molecule has 1 fully saturated rings. The third kappa shape index (κ3) is 5.66. The third-order valence-corrected chi connectivity index (χ3v) is 5.96. The molecule has 34 heavy (non-hydrogen) atoms. The van der Waals surface area contributed by atoms with Crippen LogP contribution >= 0.6 is 15.9 Å². The molecule has 0 aliphatic carbocycles. The van der Waals surface area contributed by atoms with Gasteiger partial charge in [0, 0.05) is 29.2 Å². The molecule has 7 nitrogen and oxygen atoms in total. The van der Waals surface area contributed by atoms with Crippen molar-refractivity contribution < 1.29 is 23.5 Å². The molecule has 1 saturated heterocycles. The van der Waals surface area contributed by atoms with Crippen LogP contribution in [0.5, 0.6) is 11.5 Å². The first-order valence-electron chi connectivity index (χ1n) is 10.6. The largest absolute Gasteiger partial charge is 0.493 e. The molecular formula is C25H23BrFN3O4. The number of ether oxygens (including phenoxy) is 2. The van der Waals surface area contributed by atoms with Crippen LogP contribution in [-0.4, -0.2) is 25.5 Å². The van der Waals surface area contributed by atoms with Gasteiger partial charge < -0.3 is 14.4 Å². The Morgan fingerprint density at radius 3 is 2.53 bits per heavy atom. The summed E-state index contributed by atoms with van der Waals surface area (Å²) in [6.07, 6.45) is 0.0804. The van der Waals surface area contributed by atoms with Gasteiger partial charge in [-0.25, -0.2) is 4.39 Å². The molecule has 9 heteroatoms. The number of hydrogen-bond donors (Lipinski definition) is 2. The molecule has 1 heterocycles. The number of carbonyl (C=O) groups is 2. The molecule has 2 amide bonds. The highest BCUT2D eigenvalue weighted by Crippen LogP contribution is 2.31. The van der Waals surface area contributed by atoms with Crippen LogP contribution in [0.1, 0.15) is 12.0 Å². The van der Waals surface area contributed by atoms with Gasteiger partial charge in [-0.15, -0.1) is 0 Å². The van der Waals surface area contributed by atoms with E-state index in [0.29, 0.717) is 29.5 Å². The quantitative estimate of drug-likeness (QED) is 0.416. The van der Waals surface area contributed by atoms with Gasteiger partial charge in [0.1, 0.15) is 12.4 Å². The van der Waals surface area contributed by atoms with Crippen molar-refractivity contribution in [2.75, 3.05) is 24.0 Å². The summed E-state index contributed by atoms with van der Waals surface area (Å²) in [5.74, 6) is -0.323. The Morgan fingerprint density at radius 1 is 1.09 bits per heavy atom. The number of amides is 2. The van der Waals surface area contributed by atoms with E-state index in [1.54, 1.807) is 25.3 Å². The monoisotopic (exact) mass is 527 g/mol. The molecule has 2 N–H and O–H groups in total. The lowest BCUT2D eigenvalue weighted by molar-refractivity contribution is -0.125. The van der Waals surface area contributed by atoms with E-state index in [4.69, 9.17) is 9.47 Å². The van der Waals surface area contributed by atoms with E-state index >= 15 is 0 Å². The Balaban J connectivity index is 1.33. The first-order valence-corrected chi connectivity index (χ1v) is 11.4. The normalized spacial score (nSPS) is 15.2. The van der Waals surface area contributed by atoms with Gasteiger partial charge in [0.2, 0.25) is 11.8 Å². The molecule has 3 aromatic rings. The number of nitrogens with zero attached hydrogens (tertiary/aromatic N) is 1. The summed E-state index contributed by atoms with van der Waals surface area (Å²) in [5.41, 5.74) is 7.69. The lowest BCUT2D eigenvalue weighted by Gasteiger charge is -2.17. The van der Waals surface area contributed by atoms with Crippen LogP contribution in [0.3, 0.4) is 0 Å². The fourth-order valence-corrected chi connectivity index (χ4v) is 3.86. The van der Waals surface area contributed by atoms with Gasteiger partial charge in [0.05, 0.1) is 18.7 Å². The Labute approximate surface area is 205 Å². The van der Waals surface area contributed by atoms with E-state index in [0.717, 1.165) is 10.0 Å². The van der Waals surface area contributed by atoms with E-state index in [-0.39, 0.29) is 30.6 Å². The Morgan fingerprint density at radius 2 is 1.82 bits per heavy atom. The summed E-state index contributed by atoms with van der Waals surface area (Å²) >= 11 is 3.41. The van der Waals surface area contributed by atoms with Crippen LogP contribution in [0.25, 0.3) is 0 Å². The minimum Gasteiger partial charge on any atom is -0.493 e. The van der Waals surface area contributed by atoms with Crippen LogP contribution in [0.2, 0.25) is 0 Å². The second-order valence-electron chi connectivity index (χ2n) is 7.78. The Kier molecular flexibility index (Phi) is 7.32. The summed E-state index contributed by atoms with van der Waals surface area (Å²) in [7, 11) is 1.54. The van der Waals surface area contributed by atoms with Gasteiger partial charge in [-0.05, 0) is 54.1 Å². The maximum Gasteiger partial charge on any atom is 0.243 e. The number of benzene rings is 3. The van der Waals surface area contributed by atoms with E-state index < -0.39 is 5.92 Å². The van der Waals surface area contributed by atoms with E-state index in [9.17, 15) is 14.0 Å². The van der Waals surface area contributed by atoms with Crippen molar-refractivity contribution in [1.82, 2.24) is 5.43 Å². The smallest absolute Gasteiger partial charge is 0.243 e. The molecular weight excluding hydrogens is 505 g/mol. The van der Waals surface area contributed by atoms with Crippen LogP contribution in [0.15, 0.2) is 71.2 Å². The van der Waals surface area contributed by atoms with Crippen molar-refractivity contribution in [3.8, 4) is 11.5 Å². The molecule has 4 rings (SSSR count). The van der Waals surface area contributed by atoms with Crippen molar-refractivity contribution in [1.29, 1.82) is 0 Å². The van der Waals surface area contributed by atoms with Crippen LogP contribution in [0.4, 0.5) is 15.8 Å². The summed E-state index contributed by atoms with van der Waals surface area (Å²) in [6.45, 7) is 0.609. The highest BCUT2D eigenvalue weighted by Gasteiger charge is 2.35. The number of hydrogen-bond acceptors (Lipinski definition) is 5. The maximum atomic E-state index is 13.2. The number of hydrazine groups is 1. The van der Waals surface area contributed by atoms with Gasteiger partial charge in [0.25, 0.3) is 0 Å². The molecule has 1 aliphatic rings. The number of methoxy groups -OCH3 is 1. The van der Waals surface area contributed by atoms with Crippen LogP contribution in [-0.2, 0) is 16.2 Å². The molecule has 0 radical (unpaired) electrons. The molecule has 176 valence electrons. The molecule has 1 aliphatic heterocycles. The zero-order chi connectivity index (χ0) is 24.1. The molecule has 0 unspecified atom stereocenters. The summed E-state index contributed by atoms with van der Waals surface area (Å²) < 4.78 is 25.4. The minimum absolute atomic E-state index is 0.0804. The number of halogens is 2. The number of nitrogens with one attached hydrogen (secondary N) is 2. The molecule has 1 atom stereocenters. The van der Waals surface area contributed by atoms with Gasteiger partial charge in [-0.1, -0.05) is 28.1 Å².